The number of para-hydroxylation sites is 1. The molecular formula is C14H22N4O2. The third-order valence-electron chi connectivity index (χ3n) is 2.34. The third-order valence-corrected chi connectivity index (χ3v) is 2.34. The van der Waals surface area contributed by atoms with Gasteiger partial charge in [0.25, 0.3) is 5.91 Å². The van der Waals surface area contributed by atoms with E-state index in [1.165, 1.54) is 0 Å². The molecule has 1 aromatic rings. The molecule has 0 radical (unpaired) electrons. The first-order valence-electron chi connectivity index (χ1n) is 6.50. The van der Waals surface area contributed by atoms with Crippen LogP contribution in [0.4, 0.5) is 10.5 Å². The van der Waals surface area contributed by atoms with Gasteiger partial charge >= 0.3 is 6.03 Å². The van der Waals surface area contributed by atoms with Crippen LogP contribution in [0.3, 0.4) is 0 Å². The van der Waals surface area contributed by atoms with Gasteiger partial charge in [0.05, 0.1) is 11.3 Å². The maximum atomic E-state index is 12.0. The third kappa shape index (κ3) is 5.27. The quantitative estimate of drug-likeness (QED) is 0.668. The normalized spacial score (nSPS) is 10.8. The van der Waals surface area contributed by atoms with Crippen LogP contribution in [0.5, 0.6) is 0 Å². The predicted molar refractivity (Wildman–Crippen MR) is 79.7 cm³/mol. The summed E-state index contributed by atoms with van der Waals surface area (Å²) in [5.74, 6) is -0.262. The summed E-state index contributed by atoms with van der Waals surface area (Å²) < 4.78 is 0. The molecule has 0 spiro atoms. The van der Waals surface area contributed by atoms with E-state index < -0.39 is 0 Å². The molecule has 1 rings (SSSR count). The molecule has 0 aliphatic rings. The van der Waals surface area contributed by atoms with Crippen LogP contribution in [0.25, 0.3) is 0 Å². The van der Waals surface area contributed by atoms with Crippen LogP contribution in [-0.2, 0) is 0 Å². The van der Waals surface area contributed by atoms with E-state index in [9.17, 15) is 9.59 Å². The number of hydrogen-bond acceptors (Lipinski definition) is 3. The first kappa shape index (κ1) is 16.0. The summed E-state index contributed by atoms with van der Waals surface area (Å²) in [5.41, 5.74) is 5.87. The number of carbonyl (C=O) groups is 2. The molecule has 0 bridgehead atoms. The molecule has 0 fully saturated rings. The molecule has 5 N–H and O–H groups in total. The molecule has 110 valence electrons. The van der Waals surface area contributed by atoms with Crippen LogP contribution in [0.1, 0.15) is 31.1 Å². The Bertz CT molecular complexity index is 480. The standard InChI is InChI=1S/C14H22N4O2/c1-14(2,3)18-13(20)17-11-7-5-4-6-10(11)12(19)16-9-8-15/h4-7H,8-9,15H2,1-3H3,(H,16,19)(H2,17,18,20). The lowest BCUT2D eigenvalue weighted by Crippen LogP contribution is -2.43. The summed E-state index contributed by atoms with van der Waals surface area (Å²) in [5, 5.41) is 8.13. The zero-order chi connectivity index (χ0) is 15.2. The molecule has 0 heterocycles. The van der Waals surface area contributed by atoms with Crippen LogP contribution in [0.15, 0.2) is 24.3 Å². The highest BCUT2D eigenvalue weighted by atomic mass is 16.2. The first-order chi connectivity index (χ1) is 9.33. The second kappa shape index (κ2) is 6.91. The van der Waals surface area contributed by atoms with Gasteiger partial charge in [0, 0.05) is 18.6 Å². The van der Waals surface area contributed by atoms with Crippen molar-refractivity contribution in [3.8, 4) is 0 Å². The van der Waals surface area contributed by atoms with Crippen molar-refractivity contribution in [1.29, 1.82) is 0 Å². The maximum Gasteiger partial charge on any atom is 0.319 e. The number of urea groups is 1. The van der Waals surface area contributed by atoms with Gasteiger partial charge in [-0.15, -0.1) is 0 Å². The van der Waals surface area contributed by atoms with Gasteiger partial charge < -0.3 is 21.7 Å². The smallest absolute Gasteiger partial charge is 0.319 e. The second-order valence-electron chi connectivity index (χ2n) is 5.42. The molecule has 1 aromatic carbocycles. The highest BCUT2D eigenvalue weighted by Crippen LogP contribution is 2.15. The lowest BCUT2D eigenvalue weighted by molar-refractivity contribution is 0.0955. The summed E-state index contributed by atoms with van der Waals surface area (Å²) in [6, 6.07) is 6.48. The molecule has 0 saturated carbocycles. The summed E-state index contributed by atoms with van der Waals surface area (Å²) in [4.78, 5) is 23.8. The van der Waals surface area contributed by atoms with Crippen molar-refractivity contribution in [2.24, 2.45) is 5.73 Å². The van der Waals surface area contributed by atoms with Gasteiger partial charge in [-0.25, -0.2) is 4.79 Å². The van der Waals surface area contributed by atoms with E-state index >= 15 is 0 Å². The molecule has 6 heteroatoms. The molecule has 20 heavy (non-hydrogen) atoms. The van der Waals surface area contributed by atoms with E-state index in [-0.39, 0.29) is 17.5 Å². The van der Waals surface area contributed by atoms with E-state index in [1.54, 1.807) is 24.3 Å². The number of benzene rings is 1. The minimum absolute atomic E-state index is 0.262. The Kier molecular flexibility index (Phi) is 5.52. The van der Waals surface area contributed by atoms with Crippen molar-refractivity contribution in [3.05, 3.63) is 29.8 Å². The zero-order valence-electron chi connectivity index (χ0n) is 12.1. The van der Waals surface area contributed by atoms with Gasteiger partial charge in [0.2, 0.25) is 0 Å². The van der Waals surface area contributed by atoms with Gasteiger partial charge in [0.1, 0.15) is 0 Å². The molecule has 0 atom stereocenters. The predicted octanol–water partition coefficient (Wildman–Crippen LogP) is 1.30. The summed E-state index contributed by atoms with van der Waals surface area (Å²) in [7, 11) is 0. The summed E-state index contributed by atoms with van der Waals surface area (Å²) >= 11 is 0. The number of nitrogens with two attached hydrogens (primary N) is 1. The van der Waals surface area contributed by atoms with Gasteiger partial charge in [0.15, 0.2) is 0 Å². The summed E-state index contributed by atoms with van der Waals surface area (Å²) in [6.07, 6.45) is 0. The molecular weight excluding hydrogens is 256 g/mol. The SMILES string of the molecule is CC(C)(C)NC(=O)Nc1ccccc1C(=O)NCCN. The van der Waals surface area contributed by atoms with Crippen LogP contribution < -0.4 is 21.7 Å². The fraction of sp³-hybridized carbons (Fsp3) is 0.429. The van der Waals surface area contributed by atoms with E-state index in [0.29, 0.717) is 24.3 Å². The number of nitrogens with one attached hydrogen (secondary N) is 3. The number of hydrogen-bond donors (Lipinski definition) is 4. The van der Waals surface area contributed by atoms with Gasteiger partial charge in [-0.1, -0.05) is 12.1 Å². The van der Waals surface area contributed by atoms with Crippen molar-refractivity contribution in [2.75, 3.05) is 18.4 Å². The lowest BCUT2D eigenvalue weighted by atomic mass is 10.1. The molecule has 3 amide bonds. The second-order valence-corrected chi connectivity index (χ2v) is 5.42. The fourth-order valence-electron chi connectivity index (χ4n) is 1.57. The Morgan fingerprint density at radius 2 is 1.85 bits per heavy atom. The Morgan fingerprint density at radius 1 is 1.20 bits per heavy atom. The molecule has 0 saturated heterocycles. The Balaban J connectivity index is 2.80. The van der Waals surface area contributed by atoms with Crippen molar-refractivity contribution in [2.45, 2.75) is 26.3 Å². The maximum absolute atomic E-state index is 12.0. The van der Waals surface area contributed by atoms with Crippen molar-refractivity contribution < 1.29 is 9.59 Å². The molecule has 0 aliphatic carbocycles. The molecule has 0 aliphatic heterocycles. The van der Waals surface area contributed by atoms with Gasteiger partial charge in [-0.05, 0) is 32.9 Å². The highest BCUT2D eigenvalue weighted by molar-refractivity contribution is 6.03. The van der Waals surface area contributed by atoms with E-state index in [2.05, 4.69) is 16.0 Å². The van der Waals surface area contributed by atoms with E-state index in [1.807, 2.05) is 20.8 Å². The van der Waals surface area contributed by atoms with Gasteiger partial charge in [-0.3, -0.25) is 4.79 Å². The molecule has 0 aromatic heterocycles. The minimum atomic E-state index is -0.350. The Labute approximate surface area is 119 Å². The first-order valence-corrected chi connectivity index (χ1v) is 6.50. The number of amides is 3. The molecule has 0 unspecified atom stereocenters. The highest BCUT2D eigenvalue weighted by Gasteiger charge is 2.16. The van der Waals surface area contributed by atoms with Crippen molar-refractivity contribution in [1.82, 2.24) is 10.6 Å². The number of carbonyl (C=O) groups excluding carboxylic acids is 2. The Morgan fingerprint density at radius 3 is 2.45 bits per heavy atom. The largest absolute Gasteiger partial charge is 0.351 e. The number of rotatable bonds is 4. The minimum Gasteiger partial charge on any atom is -0.351 e. The average Bonchev–Trinajstić information content (AvgIpc) is 2.34. The lowest BCUT2D eigenvalue weighted by Gasteiger charge is -2.21. The summed E-state index contributed by atoms with van der Waals surface area (Å²) in [6.45, 7) is 6.40. The zero-order valence-corrected chi connectivity index (χ0v) is 12.1. The van der Waals surface area contributed by atoms with Crippen molar-refractivity contribution in [3.63, 3.8) is 0 Å². The van der Waals surface area contributed by atoms with Crippen LogP contribution >= 0.6 is 0 Å². The van der Waals surface area contributed by atoms with E-state index in [4.69, 9.17) is 5.73 Å². The van der Waals surface area contributed by atoms with Crippen LogP contribution in [0.2, 0.25) is 0 Å². The fourth-order valence-corrected chi connectivity index (χ4v) is 1.57. The number of anilines is 1. The Hall–Kier alpha value is -2.08. The molecule has 6 nitrogen and oxygen atoms in total. The monoisotopic (exact) mass is 278 g/mol. The van der Waals surface area contributed by atoms with Crippen molar-refractivity contribution >= 4 is 17.6 Å². The van der Waals surface area contributed by atoms with Crippen LogP contribution in [0, 0.1) is 0 Å². The average molecular weight is 278 g/mol. The van der Waals surface area contributed by atoms with E-state index in [0.717, 1.165) is 0 Å². The van der Waals surface area contributed by atoms with Crippen LogP contribution in [-0.4, -0.2) is 30.6 Å². The topological polar surface area (TPSA) is 96.2 Å². The van der Waals surface area contributed by atoms with Gasteiger partial charge in [-0.2, -0.15) is 0 Å².